The van der Waals surface area contributed by atoms with Crippen molar-refractivity contribution in [1.82, 2.24) is 0 Å². The Kier molecular flexibility index (Phi) is 5.81. The first-order chi connectivity index (χ1) is 12.1. The van der Waals surface area contributed by atoms with Gasteiger partial charge in [-0.1, -0.05) is 35.9 Å². The van der Waals surface area contributed by atoms with Crippen LogP contribution in [-0.4, -0.2) is 24.0 Å². The highest BCUT2D eigenvalue weighted by atomic mass is 79.9. The van der Waals surface area contributed by atoms with Gasteiger partial charge in [-0.15, -0.1) is 0 Å². The third kappa shape index (κ3) is 3.62. The van der Waals surface area contributed by atoms with Gasteiger partial charge in [-0.05, 0) is 30.3 Å². The summed E-state index contributed by atoms with van der Waals surface area (Å²) >= 11 is 3.27. The Morgan fingerprint density at radius 1 is 1.23 bits per heavy atom. The van der Waals surface area contributed by atoms with Gasteiger partial charge in [0.1, 0.15) is 17.2 Å². The molecular formula is C19H17BrF2O4. The molecule has 1 aromatic carbocycles. The summed E-state index contributed by atoms with van der Waals surface area (Å²) in [6, 6.07) is 6.62. The van der Waals surface area contributed by atoms with Crippen LogP contribution in [0.5, 0.6) is 0 Å². The van der Waals surface area contributed by atoms with E-state index in [4.69, 9.17) is 9.84 Å². The molecule has 2 rings (SSSR count). The zero-order valence-electron chi connectivity index (χ0n) is 14.3. The van der Waals surface area contributed by atoms with E-state index < -0.39 is 34.5 Å². The predicted molar refractivity (Wildman–Crippen MR) is 95.8 cm³/mol. The molecule has 0 spiro atoms. The lowest BCUT2D eigenvalue weighted by Crippen LogP contribution is -2.32. The molecule has 1 N–H and O–H groups in total. The molecule has 7 heteroatoms. The lowest BCUT2D eigenvalue weighted by atomic mass is 9.71. The molecule has 4 nitrogen and oxygen atoms in total. The van der Waals surface area contributed by atoms with Gasteiger partial charge in [0, 0.05) is 21.4 Å². The topological polar surface area (TPSA) is 63.6 Å². The van der Waals surface area contributed by atoms with Crippen molar-refractivity contribution in [2.24, 2.45) is 11.3 Å². The minimum absolute atomic E-state index is 0.325. The number of benzene rings is 1. The summed E-state index contributed by atoms with van der Waals surface area (Å²) in [5.41, 5.74) is -2.04. The van der Waals surface area contributed by atoms with E-state index in [0.717, 1.165) is 4.47 Å². The first-order valence-corrected chi connectivity index (χ1v) is 8.46. The van der Waals surface area contributed by atoms with E-state index in [-0.39, 0.29) is 11.5 Å². The summed E-state index contributed by atoms with van der Waals surface area (Å²) in [7, 11) is 1.17. The van der Waals surface area contributed by atoms with Crippen LogP contribution >= 0.6 is 15.9 Å². The number of halogens is 3. The van der Waals surface area contributed by atoms with Crippen LogP contribution in [0.2, 0.25) is 0 Å². The smallest absolute Gasteiger partial charge is 0.341 e. The van der Waals surface area contributed by atoms with E-state index in [1.54, 1.807) is 24.3 Å². The SMILES string of the molecule is COC1=C(F)C(C(=O)O)=C(F)C(C)(C)C1C=CC(=O)c1ccc(Br)cc1. The Morgan fingerprint density at radius 3 is 2.31 bits per heavy atom. The molecule has 1 aliphatic carbocycles. The monoisotopic (exact) mass is 426 g/mol. The minimum Gasteiger partial charge on any atom is -0.497 e. The quantitative estimate of drug-likeness (QED) is 0.532. The van der Waals surface area contributed by atoms with Gasteiger partial charge < -0.3 is 9.84 Å². The van der Waals surface area contributed by atoms with Crippen LogP contribution in [0.3, 0.4) is 0 Å². The van der Waals surface area contributed by atoms with Crippen molar-refractivity contribution in [3.8, 4) is 0 Å². The zero-order chi connectivity index (χ0) is 19.6. The van der Waals surface area contributed by atoms with Crippen molar-refractivity contribution in [2.45, 2.75) is 13.8 Å². The molecular weight excluding hydrogens is 410 g/mol. The Morgan fingerprint density at radius 2 is 1.81 bits per heavy atom. The van der Waals surface area contributed by atoms with Crippen LogP contribution in [0.15, 0.2) is 63.9 Å². The molecule has 0 aliphatic heterocycles. The van der Waals surface area contributed by atoms with Crippen LogP contribution < -0.4 is 0 Å². The lowest BCUT2D eigenvalue weighted by Gasteiger charge is -2.36. The first kappa shape index (κ1) is 20.0. The number of hydrogen-bond donors (Lipinski definition) is 1. The number of aliphatic carboxylic acids is 1. The molecule has 1 atom stereocenters. The molecule has 0 saturated heterocycles. The molecule has 138 valence electrons. The Hall–Kier alpha value is -2.28. The molecule has 0 saturated carbocycles. The summed E-state index contributed by atoms with van der Waals surface area (Å²) in [5, 5.41) is 9.10. The largest absolute Gasteiger partial charge is 0.497 e. The summed E-state index contributed by atoms with van der Waals surface area (Å²) in [6.45, 7) is 2.85. The second-order valence-corrected chi connectivity index (χ2v) is 7.22. The Bertz CT molecular complexity index is 836. The maximum absolute atomic E-state index is 14.6. The van der Waals surface area contributed by atoms with Crippen LogP contribution in [0.1, 0.15) is 24.2 Å². The van der Waals surface area contributed by atoms with Gasteiger partial charge in [0.05, 0.1) is 7.11 Å². The van der Waals surface area contributed by atoms with Crippen molar-refractivity contribution >= 4 is 27.7 Å². The Labute approximate surface area is 158 Å². The van der Waals surface area contributed by atoms with Crippen molar-refractivity contribution in [3.05, 3.63) is 69.4 Å². The number of rotatable bonds is 5. The second-order valence-electron chi connectivity index (χ2n) is 6.31. The maximum Gasteiger partial charge on any atom is 0.341 e. The average Bonchev–Trinajstić information content (AvgIpc) is 2.57. The first-order valence-electron chi connectivity index (χ1n) is 7.67. The molecule has 0 amide bonds. The number of carbonyl (C=O) groups is 2. The van der Waals surface area contributed by atoms with Gasteiger partial charge in [-0.25, -0.2) is 13.6 Å². The molecule has 0 radical (unpaired) electrons. The maximum atomic E-state index is 14.6. The van der Waals surface area contributed by atoms with Crippen LogP contribution in [0, 0.1) is 11.3 Å². The zero-order valence-corrected chi connectivity index (χ0v) is 15.9. The number of methoxy groups -OCH3 is 1. The van der Waals surface area contributed by atoms with E-state index in [1.807, 2.05) is 0 Å². The number of ketones is 1. The highest BCUT2D eigenvalue weighted by Gasteiger charge is 2.46. The van der Waals surface area contributed by atoms with Gasteiger partial charge in [0.15, 0.2) is 11.6 Å². The Balaban J connectivity index is 2.43. The molecule has 1 aliphatic rings. The van der Waals surface area contributed by atoms with Crippen molar-refractivity contribution in [2.75, 3.05) is 7.11 Å². The third-order valence-corrected chi connectivity index (χ3v) is 4.81. The molecule has 26 heavy (non-hydrogen) atoms. The van der Waals surface area contributed by atoms with Crippen LogP contribution in [0.4, 0.5) is 8.78 Å². The van der Waals surface area contributed by atoms with Gasteiger partial charge in [0.25, 0.3) is 0 Å². The number of hydrogen-bond acceptors (Lipinski definition) is 3. The molecule has 0 fully saturated rings. The van der Waals surface area contributed by atoms with Gasteiger partial charge >= 0.3 is 5.97 Å². The van der Waals surface area contributed by atoms with E-state index >= 15 is 0 Å². The molecule has 1 unspecified atom stereocenters. The fourth-order valence-electron chi connectivity index (χ4n) is 2.77. The lowest BCUT2D eigenvalue weighted by molar-refractivity contribution is -0.133. The van der Waals surface area contributed by atoms with E-state index in [1.165, 1.54) is 33.1 Å². The van der Waals surface area contributed by atoms with E-state index in [2.05, 4.69) is 15.9 Å². The summed E-state index contributed by atoms with van der Waals surface area (Å²) < 4.78 is 34.9. The van der Waals surface area contributed by atoms with E-state index in [9.17, 15) is 18.4 Å². The summed E-state index contributed by atoms with van der Waals surface area (Å²) in [5.74, 6) is -5.74. The standard InChI is InChI=1S/C19H17BrF2O4/c1-19(2)12(8-9-13(23)10-4-6-11(20)7-5-10)16(26-3)15(21)14(17(19)22)18(24)25/h4-9,12H,1-3H3,(H,24,25). The highest BCUT2D eigenvalue weighted by Crippen LogP contribution is 2.49. The number of carbonyl (C=O) groups excluding carboxylic acids is 1. The third-order valence-electron chi connectivity index (χ3n) is 4.28. The molecule has 0 heterocycles. The van der Waals surface area contributed by atoms with Crippen LogP contribution in [-0.2, 0) is 9.53 Å². The van der Waals surface area contributed by atoms with Crippen molar-refractivity contribution < 1.29 is 28.2 Å². The second kappa shape index (κ2) is 7.53. The number of carboxylic acid groups (broad SMARTS) is 1. The van der Waals surface area contributed by atoms with Crippen molar-refractivity contribution in [1.29, 1.82) is 0 Å². The van der Waals surface area contributed by atoms with E-state index in [0.29, 0.717) is 5.56 Å². The van der Waals surface area contributed by atoms with Gasteiger partial charge in [-0.2, -0.15) is 0 Å². The van der Waals surface area contributed by atoms with Crippen LogP contribution in [0.25, 0.3) is 0 Å². The molecule has 0 aromatic heterocycles. The fourth-order valence-corrected chi connectivity index (χ4v) is 3.03. The number of ether oxygens (including phenoxy) is 1. The van der Waals surface area contributed by atoms with Gasteiger partial charge in [0.2, 0.25) is 0 Å². The fraction of sp³-hybridized carbons (Fsp3) is 0.263. The predicted octanol–water partition coefficient (Wildman–Crippen LogP) is 4.98. The normalized spacial score (nSPS) is 19.8. The highest BCUT2D eigenvalue weighted by molar-refractivity contribution is 9.10. The molecule has 0 bridgehead atoms. The summed E-state index contributed by atoms with van der Waals surface area (Å²) in [4.78, 5) is 23.5. The minimum atomic E-state index is -1.71. The van der Waals surface area contributed by atoms with Crippen molar-refractivity contribution in [3.63, 3.8) is 0 Å². The average molecular weight is 427 g/mol. The summed E-state index contributed by atoms with van der Waals surface area (Å²) in [6.07, 6.45) is 2.54. The molecule has 1 aromatic rings. The number of carboxylic acids is 1. The number of allylic oxidation sites excluding steroid dienone is 3. The van der Waals surface area contributed by atoms with Gasteiger partial charge in [-0.3, -0.25) is 4.79 Å².